The number of hydrogen-bond donors (Lipinski definition) is 0. The van der Waals surface area contributed by atoms with Gasteiger partial charge in [-0.05, 0) is 42.8 Å². The first kappa shape index (κ1) is 14.1. The Labute approximate surface area is 132 Å². The molecule has 0 bridgehead atoms. The highest BCUT2D eigenvalue weighted by atomic mass is 35.5. The first-order valence-electron chi connectivity index (χ1n) is 6.35. The van der Waals surface area contributed by atoms with Crippen LogP contribution < -0.4 is 4.74 Å². The molecule has 0 saturated heterocycles. The van der Waals surface area contributed by atoms with E-state index >= 15 is 0 Å². The Balaban J connectivity index is 2.23. The molecule has 0 N–H and O–H groups in total. The normalized spacial score (nSPS) is 10.9. The molecule has 3 aromatic rings. The molecule has 3 rings (SSSR count). The lowest BCUT2D eigenvalue weighted by atomic mass is 10.1. The van der Waals surface area contributed by atoms with E-state index in [4.69, 9.17) is 27.9 Å². The molecule has 0 radical (unpaired) electrons. The summed E-state index contributed by atoms with van der Waals surface area (Å²) in [6.45, 7) is 1.97. The number of hydrogen-bond acceptors (Lipinski definition) is 3. The molecule has 21 heavy (non-hydrogen) atoms. The van der Waals surface area contributed by atoms with Crippen LogP contribution in [0.4, 0.5) is 0 Å². The number of benzene rings is 2. The summed E-state index contributed by atoms with van der Waals surface area (Å²) in [7, 11) is 1.62. The van der Waals surface area contributed by atoms with Gasteiger partial charge in [-0.2, -0.15) is 0 Å². The van der Waals surface area contributed by atoms with Crippen LogP contribution in [-0.4, -0.2) is 17.1 Å². The first-order valence-corrected chi connectivity index (χ1v) is 7.11. The van der Waals surface area contributed by atoms with Gasteiger partial charge in [-0.15, -0.1) is 0 Å². The van der Waals surface area contributed by atoms with Crippen molar-refractivity contribution in [3.63, 3.8) is 0 Å². The molecular weight excluding hydrogens is 307 g/mol. The minimum Gasteiger partial charge on any atom is -0.497 e. The summed E-state index contributed by atoms with van der Waals surface area (Å²) in [5.74, 6) is 1.27. The Hall–Kier alpha value is -1.84. The van der Waals surface area contributed by atoms with Gasteiger partial charge >= 0.3 is 0 Å². The van der Waals surface area contributed by atoms with Crippen LogP contribution in [0.2, 0.25) is 10.2 Å². The molecule has 1 aromatic heterocycles. The zero-order valence-corrected chi connectivity index (χ0v) is 13.0. The lowest BCUT2D eigenvalue weighted by Crippen LogP contribution is -1.93. The SMILES string of the molecule is COc1ccc2c(Cl)nc(-c3cc(C)cc(Cl)c3)nc2c1. The monoisotopic (exact) mass is 318 g/mol. The fraction of sp³-hybridized carbons (Fsp3) is 0.125. The van der Waals surface area contributed by atoms with Crippen LogP contribution in [0.1, 0.15) is 5.56 Å². The Morgan fingerprint density at radius 3 is 2.52 bits per heavy atom. The minimum absolute atomic E-state index is 0.412. The number of aromatic nitrogens is 2. The van der Waals surface area contributed by atoms with Gasteiger partial charge in [-0.1, -0.05) is 23.2 Å². The van der Waals surface area contributed by atoms with Gasteiger partial charge in [0.25, 0.3) is 0 Å². The molecule has 2 aromatic carbocycles. The first-order chi connectivity index (χ1) is 10.1. The third-order valence-electron chi connectivity index (χ3n) is 3.16. The standard InChI is InChI=1S/C16H12Cl2N2O/c1-9-5-10(7-11(17)6-9)16-19-14-8-12(21-2)3-4-13(14)15(18)20-16/h3-8H,1-2H3. The van der Waals surface area contributed by atoms with Crippen molar-refractivity contribution in [2.24, 2.45) is 0 Å². The van der Waals surface area contributed by atoms with Crippen LogP contribution in [0, 0.1) is 6.92 Å². The Morgan fingerprint density at radius 1 is 1.00 bits per heavy atom. The molecule has 1 heterocycles. The molecular formula is C16H12Cl2N2O. The lowest BCUT2D eigenvalue weighted by molar-refractivity contribution is 0.415. The number of aryl methyl sites for hydroxylation is 1. The average Bonchev–Trinajstić information content (AvgIpc) is 2.45. The van der Waals surface area contributed by atoms with Gasteiger partial charge in [-0.25, -0.2) is 9.97 Å². The highest BCUT2D eigenvalue weighted by molar-refractivity contribution is 6.34. The van der Waals surface area contributed by atoms with E-state index in [9.17, 15) is 0 Å². The van der Waals surface area contributed by atoms with Crippen LogP contribution in [0.5, 0.6) is 5.75 Å². The van der Waals surface area contributed by atoms with Gasteiger partial charge in [0, 0.05) is 22.0 Å². The van der Waals surface area contributed by atoms with E-state index < -0.39 is 0 Å². The zero-order chi connectivity index (χ0) is 15.0. The van der Waals surface area contributed by atoms with E-state index in [-0.39, 0.29) is 0 Å². The van der Waals surface area contributed by atoms with Gasteiger partial charge in [-0.3, -0.25) is 0 Å². The van der Waals surface area contributed by atoms with Gasteiger partial charge in [0.15, 0.2) is 5.82 Å². The van der Waals surface area contributed by atoms with Crippen molar-refractivity contribution in [1.82, 2.24) is 9.97 Å². The van der Waals surface area contributed by atoms with Crippen LogP contribution >= 0.6 is 23.2 Å². The van der Waals surface area contributed by atoms with E-state index in [2.05, 4.69) is 9.97 Å². The minimum atomic E-state index is 0.412. The van der Waals surface area contributed by atoms with Gasteiger partial charge in [0.1, 0.15) is 10.9 Å². The predicted molar refractivity (Wildman–Crippen MR) is 86.3 cm³/mol. The summed E-state index contributed by atoms with van der Waals surface area (Å²) in [5, 5.41) is 1.85. The summed E-state index contributed by atoms with van der Waals surface area (Å²) in [4.78, 5) is 8.93. The molecule has 106 valence electrons. The van der Waals surface area contributed by atoms with E-state index in [1.807, 2.05) is 43.3 Å². The number of fused-ring (bicyclic) bond motifs is 1. The molecule has 0 unspecified atom stereocenters. The maximum absolute atomic E-state index is 6.26. The summed E-state index contributed by atoms with van der Waals surface area (Å²) in [6, 6.07) is 11.2. The number of methoxy groups -OCH3 is 1. The fourth-order valence-electron chi connectivity index (χ4n) is 2.19. The lowest BCUT2D eigenvalue weighted by Gasteiger charge is -2.07. The maximum atomic E-state index is 6.26. The van der Waals surface area contributed by atoms with E-state index in [1.165, 1.54) is 0 Å². The Kier molecular flexibility index (Phi) is 3.70. The Bertz CT molecular complexity index is 814. The van der Waals surface area contributed by atoms with Crippen LogP contribution in [0.25, 0.3) is 22.3 Å². The molecule has 0 atom stereocenters. The fourth-order valence-corrected chi connectivity index (χ4v) is 2.72. The van der Waals surface area contributed by atoms with E-state index in [0.29, 0.717) is 16.0 Å². The third kappa shape index (κ3) is 2.80. The van der Waals surface area contributed by atoms with Crippen LogP contribution in [-0.2, 0) is 0 Å². The van der Waals surface area contributed by atoms with Crippen molar-refractivity contribution in [3.05, 3.63) is 52.1 Å². The van der Waals surface area contributed by atoms with Crippen molar-refractivity contribution in [1.29, 1.82) is 0 Å². The smallest absolute Gasteiger partial charge is 0.161 e. The van der Waals surface area contributed by atoms with Gasteiger partial charge in [0.05, 0.1) is 12.6 Å². The molecule has 3 nitrogen and oxygen atoms in total. The number of nitrogens with zero attached hydrogens (tertiary/aromatic N) is 2. The molecule has 0 aliphatic carbocycles. The van der Waals surface area contributed by atoms with Crippen molar-refractivity contribution >= 4 is 34.1 Å². The third-order valence-corrected chi connectivity index (χ3v) is 3.66. The quantitative estimate of drug-likeness (QED) is 0.629. The maximum Gasteiger partial charge on any atom is 0.161 e. The van der Waals surface area contributed by atoms with Crippen LogP contribution in [0.3, 0.4) is 0 Å². The Morgan fingerprint density at radius 2 is 1.81 bits per heavy atom. The highest BCUT2D eigenvalue weighted by Gasteiger charge is 2.10. The molecule has 0 amide bonds. The summed E-state index contributed by atoms with van der Waals surface area (Å²) in [6.07, 6.45) is 0. The molecule has 0 aliphatic heterocycles. The zero-order valence-electron chi connectivity index (χ0n) is 11.5. The van der Waals surface area contributed by atoms with Crippen molar-refractivity contribution in [2.45, 2.75) is 6.92 Å². The molecule has 0 saturated carbocycles. The molecule has 0 aliphatic rings. The van der Waals surface area contributed by atoms with Crippen LogP contribution in [0.15, 0.2) is 36.4 Å². The van der Waals surface area contributed by atoms with Crippen molar-refractivity contribution in [3.8, 4) is 17.1 Å². The summed E-state index contributed by atoms with van der Waals surface area (Å²) in [5.41, 5.74) is 2.62. The number of halogens is 2. The average molecular weight is 319 g/mol. The van der Waals surface area contributed by atoms with E-state index in [0.717, 1.165) is 27.8 Å². The van der Waals surface area contributed by atoms with E-state index in [1.54, 1.807) is 7.11 Å². The molecule has 0 fully saturated rings. The highest BCUT2D eigenvalue weighted by Crippen LogP contribution is 2.29. The topological polar surface area (TPSA) is 35.0 Å². The predicted octanol–water partition coefficient (Wildman–Crippen LogP) is 4.92. The van der Waals surface area contributed by atoms with Gasteiger partial charge in [0.2, 0.25) is 0 Å². The molecule has 5 heteroatoms. The van der Waals surface area contributed by atoms with Crippen molar-refractivity contribution in [2.75, 3.05) is 7.11 Å². The van der Waals surface area contributed by atoms with Crippen molar-refractivity contribution < 1.29 is 4.74 Å². The van der Waals surface area contributed by atoms with Gasteiger partial charge < -0.3 is 4.74 Å². The number of ether oxygens (including phenoxy) is 1. The molecule has 0 spiro atoms. The summed E-state index contributed by atoms with van der Waals surface area (Å²) >= 11 is 12.4. The second-order valence-electron chi connectivity index (χ2n) is 4.74. The largest absolute Gasteiger partial charge is 0.497 e. The second kappa shape index (κ2) is 5.51. The second-order valence-corrected chi connectivity index (χ2v) is 5.53. The summed E-state index contributed by atoms with van der Waals surface area (Å²) < 4.78 is 5.22. The number of rotatable bonds is 2.